The van der Waals surface area contributed by atoms with Crippen LogP contribution in [0.15, 0.2) is 23.2 Å². The second-order valence-corrected chi connectivity index (χ2v) is 4.82. The topological polar surface area (TPSA) is 62.4 Å². The maximum absolute atomic E-state index is 5.51. The molecule has 0 spiro atoms. The van der Waals surface area contributed by atoms with Crippen LogP contribution in [0, 0.1) is 12.8 Å². The maximum atomic E-state index is 5.51. The van der Waals surface area contributed by atoms with E-state index in [0.717, 1.165) is 18.7 Å². The Balaban J connectivity index is 2.91. The number of nitrogens with zero attached hydrogens (tertiary/aromatic N) is 1. The van der Waals surface area contributed by atoms with E-state index in [2.05, 4.69) is 61.6 Å². The highest BCUT2D eigenvalue weighted by atomic mass is 15.3. The van der Waals surface area contributed by atoms with E-state index in [-0.39, 0.29) is 0 Å². The number of hydrogen-bond donors (Lipinski definition) is 3. The molecule has 0 aliphatic carbocycles. The summed E-state index contributed by atoms with van der Waals surface area (Å²) in [6.07, 6.45) is 0.978. The van der Waals surface area contributed by atoms with Gasteiger partial charge < -0.3 is 5.32 Å². The van der Waals surface area contributed by atoms with Gasteiger partial charge >= 0.3 is 0 Å². The third-order valence-electron chi connectivity index (χ3n) is 2.73. The summed E-state index contributed by atoms with van der Waals surface area (Å²) in [4.78, 5) is 4.42. The summed E-state index contributed by atoms with van der Waals surface area (Å²) in [5.74, 6) is 6.64. The van der Waals surface area contributed by atoms with Crippen molar-refractivity contribution in [3.8, 4) is 0 Å². The quantitative estimate of drug-likeness (QED) is 0.332. The molecule has 0 aromatic heterocycles. The average molecular weight is 248 g/mol. The van der Waals surface area contributed by atoms with E-state index >= 15 is 0 Å². The van der Waals surface area contributed by atoms with Gasteiger partial charge in [0.15, 0.2) is 0 Å². The highest BCUT2D eigenvalue weighted by Crippen LogP contribution is 2.20. The predicted octanol–water partition coefficient (Wildman–Crippen LogP) is 2.44. The van der Waals surface area contributed by atoms with Crippen molar-refractivity contribution < 1.29 is 0 Å². The third-order valence-corrected chi connectivity index (χ3v) is 2.73. The highest BCUT2D eigenvalue weighted by molar-refractivity contribution is 5.94. The monoisotopic (exact) mass is 248 g/mol. The van der Waals surface area contributed by atoms with Gasteiger partial charge in [-0.1, -0.05) is 39.0 Å². The lowest BCUT2D eigenvalue weighted by atomic mass is 10.1. The van der Waals surface area contributed by atoms with Gasteiger partial charge in [0.05, 0.1) is 0 Å². The van der Waals surface area contributed by atoms with Gasteiger partial charge in [-0.15, -0.1) is 0 Å². The van der Waals surface area contributed by atoms with Crippen LogP contribution in [0.25, 0.3) is 0 Å². The largest absolute Gasteiger partial charge is 0.325 e. The minimum atomic E-state index is 0.512. The summed E-state index contributed by atoms with van der Waals surface area (Å²) in [5, 5.41) is 3.29. The molecule has 0 radical (unpaired) electrons. The zero-order chi connectivity index (χ0) is 13.5. The Labute approximate surface area is 110 Å². The molecule has 100 valence electrons. The molecule has 4 N–H and O–H groups in total. The fourth-order valence-electron chi connectivity index (χ4n) is 1.72. The summed E-state index contributed by atoms with van der Waals surface area (Å²) in [6, 6.07) is 6.27. The lowest BCUT2D eigenvalue weighted by molar-refractivity contribution is 0.663. The Kier molecular flexibility index (Phi) is 5.65. The number of aryl methyl sites for hydroxylation is 2. The molecule has 0 atom stereocenters. The molecule has 0 heterocycles. The van der Waals surface area contributed by atoms with Crippen LogP contribution in [0.2, 0.25) is 0 Å². The molecule has 0 bridgehead atoms. The lowest BCUT2D eigenvalue weighted by Gasteiger charge is -2.15. The molecule has 1 aromatic carbocycles. The van der Waals surface area contributed by atoms with E-state index in [1.807, 2.05) is 0 Å². The van der Waals surface area contributed by atoms with Crippen molar-refractivity contribution >= 4 is 11.6 Å². The number of nitrogens with two attached hydrogens (primary N) is 1. The molecule has 0 aliphatic rings. The second kappa shape index (κ2) is 7.01. The molecule has 4 nitrogen and oxygen atoms in total. The number of para-hydroxylation sites is 1. The van der Waals surface area contributed by atoms with E-state index in [1.54, 1.807) is 0 Å². The minimum absolute atomic E-state index is 0.512. The van der Waals surface area contributed by atoms with Crippen molar-refractivity contribution in [2.24, 2.45) is 16.8 Å². The van der Waals surface area contributed by atoms with Crippen LogP contribution in [0.5, 0.6) is 0 Å². The van der Waals surface area contributed by atoms with Gasteiger partial charge in [0.25, 0.3) is 0 Å². The molecule has 0 aliphatic heterocycles. The van der Waals surface area contributed by atoms with E-state index in [1.165, 1.54) is 11.1 Å². The van der Waals surface area contributed by atoms with Crippen molar-refractivity contribution in [3.05, 3.63) is 29.3 Å². The Hall–Kier alpha value is -1.55. The molecule has 18 heavy (non-hydrogen) atoms. The summed E-state index contributed by atoms with van der Waals surface area (Å²) < 4.78 is 0. The lowest BCUT2D eigenvalue weighted by Crippen LogP contribution is -2.37. The van der Waals surface area contributed by atoms with Crippen molar-refractivity contribution in [3.63, 3.8) is 0 Å². The number of rotatable bonds is 4. The molecule has 4 heteroatoms. The van der Waals surface area contributed by atoms with Crippen LogP contribution in [0.4, 0.5) is 5.69 Å². The maximum Gasteiger partial charge on any atom is 0.210 e. The highest BCUT2D eigenvalue weighted by Gasteiger charge is 2.06. The summed E-state index contributed by atoms with van der Waals surface area (Å²) in [6.45, 7) is 9.23. The van der Waals surface area contributed by atoms with Crippen LogP contribution in [-0.2, 0) is 6.42 Å². The summed E-state index contributed by atoms with van der Waals surface area (Å²) >= 11 is 0. The normalized spacial score (nSPS) is 11.8. The van der Waals surface area contributed by atoms with E-state index < -0.39 is 0 Å². The number of guanidine groups is 1. The zero-order valence-corrected chi connectivity index (χ0v) is 11.7. The first-order valence-electron chi connectivity index (χ1n) is 6.45. The van der Waals surface area contributed by atoms with Crippen LogP contribution in [0.3, 0.4) is 0 Å². The molecular weight excluding hydrogens is 224 g/mol. The van der Waals surface area contributed by atoms with Crippen molar-refractivity contribution in [1.82, 2.24) is 5.43 Å². The zero-order valence-electron chi connectivity index (χ0n) is 11.7. The smallest absolute Gasteiger partial charge is 0.210 e. The first kappa shape index (κ1) is 14.5. The average Bonchev–Trinajstić information content (AvgIpc) is 2.35. The molecule has 0 saturated carbocycles. The fraction of sp³-hybridized carbons (Fsp3) is 0.500. The Morgan fingerprint density at radius 2 is 2.11 bits per heavy atom. The Morgan fingerprint density at radius 1 is 1.39 bits per heavy atom. The van der Waals surface area contributed by atoms with Crippen LogP contribution < -0.4 is 16.6 Å². The fourth-order valence-corrected chi connectivity index (χ4v) is 1.72. The molecule has 0 saturated heterocycles. The first-order chi connectivity index (χ1) is 8.58. The van der Waals surface area contributed by atoms with Gasteiger partial charge in [-0.25, -0.2) is 5.84 Å². The Bertz CT molecular complexity index is 410. The van der Waals surface area contributed by atoms with Crippen LogP contribution in [0.1, 0.15) is 31.9 Å². The molecule has 0 fully saturated rings. The van der Waals surface area contributed by atoms with E-state index in [0.29, 0.717) is 11.9 Å². The number of hydrogen-bond acceptors (Lipinski definition) is 2. The minimum Gasteiger partial charge on any atom is -0.325 e. The van der Waals surface area contributed by atoms with Gasteiger partial charge in [-0.3, -0.25) is 10.4 Å². The van der Waals surface area contributed by atoms with E-state index in [4.69, 9.17) is 5.84 Å². The first-order valence-corrected chi connectivity index (χ1v) is 6.45. The van der Waals surface area contributed by atoms with Crippen LogP contribution >= 0.6 is 0 Å². The third kappa shape index (κ3) is 4.04. The van der Waals surface area contributed by atoms with Gasteiger partial charge in [-0.05, 0) is 30.4 Å². The number of benzene rings is 1. The van der Waals surface area contributed by atoms with Gasteiger partial charge in [0, 0.05) is 12.2 Å². The predicted molar refractivity (Wildman–Crippen MR) is 78.6 cm³/mol. The molecular formula is C14H24N4. The number of hydrazine groups is 1. The van der Waals surface area contributed by atoms with Crippen molar-refractivity contribution in [1.29, 1.82) is 0 Å². The van der Waals surface area contributed by atoms with Gasteiger partial charge in [0.1, 0.15) is 0 Å². The number of aliphatic imine (C=N–C) groups is 1. The standard InChI is InChI=1S/C14H24N4/c1-5-12-8-6-7-11(4)13(12)17-14(18-15)16-9-10(2)3/h6-8,10H,5,9,15H2,1-4H3,(H2,16,17,18). The van der Waals surface area contributed by atoms with Crippen molar-refractivity contribution in [2.75, 3.05) is 11.9 Å². The van der Waals surface area contributed by atoms with Crippen LogP contribution in [-0.4, -0.2) is 12.5 Å². The molecule has 1 rings (SSSR count). The number of nitrogens with one attached hydrogen (secondary N) is 2. The molecule has 0 unspecified atom stereocenters. The summed E-state index contributed by atoms with van der Waals surface area (Å²) in [5.41, 5.74) is 6.18. The van der Waals surface area contributed by atoms with E-state index in [9.17, 15) is 0 Å². The Morgan fingerprint density at radius 3 is 2.67 bits per heavy atom. The SMILES string of the molecule is CCc1cccc(C)c1NC(=NCC(C)C)NN. The van der Waals surface area contributed by atoms with Gasteiger partial charge in [0.2, 0.25) is 5.96 Å². The second-order valence-electron chi connectivity index (χ2n) is 4.82. The number of anilines is 1. The van der Waals surface area contributed by atoms with Crippen molar-refractivity contribution in [2.45, 2.75) is 34.1 Å². The molecule has 0 amide bonds. The molecule has 1 aromatic rings. The van der Waals surface area contributed by atoms with Gasteiger partial charge in [-0.2, -0.15) is 0 Å². The summed E-state index contributed by atoms with van der Waals surface area (Å²) in [7, 11) is 0.